The van der Waals surface area contributed by atoms with Gasteiger partial charge in [0.1, 0.15) is 17.7 Å². The van der Waals surface area contributed by atoms with Crippen molar-refractivity contribution in [3.8, 4) is 17.3 Å². The number of amides is 1. The fourth-order valence-electron chi connectivity index (χ4n) is 4.72. The van der Waals surface area contributed by atoms with Gasteiger partial charge in [-0.25, -0.2) is 9.07 Å². The number of ether oxygens (including phenoxy) is 1. The first-order chi connectivity index (χ1) is 18.5. The lowest BCUT2D eigenvalue weighted by Gasteiger charge is -2.38. The van der Waals surface area contributed by atoms with Gasteiger partial charge in [-0.2, -0.15) is 5.10 Å². The number of para-hydroxylation sites is 2. The molecule has 1 atom stereocenters. The van der Waals surface area contributed by atoms with Crippen molar-refractivity contribution in [2.45, 2.75) is 20.0 Å². The Hall–Kier alpha value is -4.91. The summed E-state index contributed by atoms with van der Waals surface area (Å²) in [5, 5.41) is 8.39. The Labute approximate surface area is 219 Å². The minimum absolute atomic E-state index is 0.132. The van der Waals surface area contributed by atoms with Gasteiger partial charge in [-0.15, -0.1) is 0 Å². The van der Waals surface area contributed by atoms with Crippen LogP contribution in [0.1, 0.15) is 33.3 Å². The molecular weight excluding hydrogens is 479 g/mol. The van der Waals surface area contributed by atoms with E-state index in [0.29, 0.717) is 28.5 Å². The monoisotopic (exact) mass is 504 g/mol. The number of hydrogen-bond donors (Lipinski definition) is 1. The maximum atomic E-state index is 14.0. The zero-order valence-corrected chi connectivity index (χ0v) is 20.9. The lowest BCUT2D eigenvalue weighted by atomic mass is 10.0. The molecule has 38 heavy (non-hydrogen) atoms. The van der Waals surface area contributed by atoms with Crippen molar-refractivity contribution < 1.29 is 13.9 Å². The highest BCUT2D eigenvalue weighted by molar-refractivity contribution is 6.12. The van der Waals surface area contributed by atoms with E-state index in [-0.39, 0.29) is 11.7 Å². The Morgan fingerprint density at radius 1 is 0.816 bits per heavy atom. The van der Waals surface area contributed by atoms with Gasteiger partial charge in [0.25, 0.3) is 5.91 Å². The Morgan fingerprint density at radius 2 is 1.50 bits per heavy atom. The predicted molar refractivity (Wildman–Crippen MR) is 146 cm³/mol. The standard InChI is InChI=1S/C31H25FN4O2/c1-20-12-16-23(17-13-20)35-29(33-27-11-7-6-10-26(27)30(35)37)28-21(2)34-36(24-8-4-3-5-9-24)31(28)38-25-18-14-22(32)15-19-25/h3-19,29,33H,1-2H3/t29-/m1/s1. The van der Waals surface area contributed by atoms with Crippen LogP contribution < -0.4 is 15.0 Å². The molecule has 2 heterocycles. The molecule has 0 saturated carbocycles. The lowest BCUT2D eigenvalue weighted by molar-refractivity contribution is 0.0974. The lowest BCUT2D eigenvalue weighted by Crippen LogP contribution is -2.43. The van der Waals surface area contributed by atoms with Crippen molar-refractivity contribution in [1.82, 2.24) is 9.78 Å². The number of benzene rings is 4. The quantitative estimate of drug-likeness (QED) is 0.275. The molecule has 7 heteroatoms. The zero-order valence-electron chi connectivity index (χ0n) is 20.9. The van der Waals surface area contributed by atoms with Crippen molar-refractivity contribution >= 4 is 17.3 Å². The molecule has 1 aliphatic heterocycles. The molecule has 4 aromatic carbocycles. The second-order valence-electron chi connectivity index (χ2n) is 9.21. The van der Waals surface area contributed by atoms with Gasteiger partial charge in [0, 0.05) is 11.4 Å². The van der Waals surface area contributed by atoms with Crippen LogP contribution in [0.2, 0.25) is 0 Å². The van der Waals surface area contributed by atoms with E-state index < -0.39 is 6.17 Å². The maximum absolute atomic E-state index is 14.0. The molecule has 0 aliphatic carbocycles. The molecule has 0 fully saturated rings. The van der Waals surface area contributed by atoms with E-state index in [1.807, 2.05) is 92.7 Å². The number of fused-ring (bicyclic) bond motifs is 1. The highest BCUT2D eigenvalue weighted by Crippen LogP contribution is 2.43. The van der Waals surface area contributed by atoms with E-state index in [9.17, 15) is 9.18 Å². The van der Waals surface area contributed by atoms with E-state index in [4.69, 9.17) is 9.84 Å². The first-order valence-electron chi connectivity index (χ1n) is 12.3. The zero-order chi connectivity index (χ0) is 26.2. The minimum Gasteiger partial charge on any atom is -0.438 e. The van der Waals surface area contributed by atoms with Gasteiger partial charge in [-0.3, -0.25) is 9.69 Å². The molecular formula is C31H25FN4O2. The predicted octanol–water partition coefficient (Wildman–Crippen LogP) is 7.19. The first kappa shape index (κ1) is 23.5. The Bertz CT molecular complexity index is 1610. The number of halogens is 1. The average Bonchev–Trinajstić information content (AvgIpc) is 3.26. The summed E-state index contributed by atoms with van der Waals surface area (Å²) in [6.07, 6.45) is -0.618. The number of aromatic nitrogens is 2. The maximum Gasteiger partial charge on any atom is 0.262 e. The van der Waals surface area contributed by atoms with E-state index in [1.165, 1.54) is 12.1 Å². The summed E-state index contributed by atoms with van der Waals surface area (Å²) in [6.45, 7) is 3.90. The third kappa shape index (κ3) is 4.18. The van der Waals surface area contributed by atoms with Crippen LogP contribution in [0.4, 0.5) is 15.8 Å². The van der Waals surface area contributed by atoms with Gasteiger partial charge in [-0.05, 0) is 74.5 Å². The number of carbonyl (C=O) groups excluding carboxylic acids is 1. The van der Waals surface area contributed by atoms with Crippen LogP contribution in [0.25, 0.3) is 5.69 Å². The van der Waals surface area contributed by atoms with Crippen molar-refractivity contribution in [2.75, 3.05) is 10.2 Å². The largest absolute Gasteiger partial charge is 0.438 e. The van der Waals surface area contributed by atoms with Crippen LogP contribution >= 0.6 is 0 Å². The summed E-state index contributed by atoms with van der Waals surface area (Å²) in [5.41, 5.74) is 5.32. The molecule has 1 aromatic heterocycles. The highest BCUT2D eigenvalue weighted by Gasteiger charge is 2.38. The molecule has 0 unspecified atom stereocenters. The van der Waals surface area contributed by atoms with Crippen LogP contribution in [0.15, 0.2) is 103 Å². The summed E-state index contributed by atoms with van der Waals surface area (Å²) in [7, 11) is 0. The number of aryl methyl sites for hydroxylation is 2. The van der Waals surface area contributed by atoms with Crippen molar-refractivity contribution in [1.29, 1.82) is 0 Å². The first-order valence-corrected chi connectivity index (χ1v) is 12.3. The van der Waals surface area contributed by atoms with Crippen LogP contribution in [-0.4, -0.2) is 15.7 Å². The summed E-state index contributed by atoms with van der Waals surface area (Å²) < 4.78 is 21.8. The molecule has 0 spiro atoms. The van der Waals surface area contributed by atoms with Crippen LogP contribution in [0.5, 0.6) is 11.6 Å². The third-order valence-electron chi connectivity index (χ3n) is 6.60. The molecule has 1 aliphatic rings. The molecule has 1 N–H and O–H groups in total. The summed E-state index contributed by atoms with van der Waals surface area (Å²) >= 11 is 0. The Kier molecular flexibility index (Phi) is 5.88. The molecule has 0 saturated heterocycles. The normalized spacial score (nSPS) is 14.7. The summed E-state index contributed by atoms with van der Waals surface area (Å²) in [6, 6.07) is 30.8. The minimum atomic E-state index is -0.618. The highest BCUT2D eigenvalue weighted by atomic mass is 19.1. The molecule has 1 amide bonds. The number of nitrogens with one attached hydrogen (secondary N) is 1. The fraction of sp³-hybridized carbons (Fsp3) is 0.0968. The smallest absolute Gasteiger partial charge is 0.262 e. The number of hydrogen-bond acceptors (Lipinski definition) is 4. The molecule has 5 aromatic rings. The van der Waals surface area contributed by atoms with Gasteiger partial charge in [0.15, 0.2) is 0 Å². The second-order valence-corrected chi connectivity index (χ2v) is 9.21. The van der Waals surface area contributed by atoms with Gasteiger partial charge < -0.3 is 10.1 Å². The van der Waals surface area contributed by atoms with Crippen molar-refractivity contribution in [3.05, 3.63) is 131 Å². The third-order valence-corrected chi connectivity index (χ3v) is 6.60. The number of anilines is 2. The van der Waals surface area contributed by atoms with E-state index >= 15 is 0 Å². The fourth-order valence-corrected chi connectivity index (χ4v) is 4.72. The number of nitrogens with zero attached hydrogens (tertiary/aromatic N) is 3. The summed E-state index contributed by atoms with van der Waals surface area (Å²) in [5.74, 6) is 0.399. The van der Waals surface area contributed by atoms with Crippen LogP contribution in [-0.2, 0) is 0 Å². The van der Waals surface area contributed by atoms with Gasteiger partial charge in [0.05, 0.1) is 22.5 Å². The number of rotatable bonds is 5. The average molecular weight is 505 g/mol. The van der Waals surface area contributed by atoms with Gasteiger partial charge in [0.2, 0.25) is 5.88 Å². The van der Waals surface area contributed by atoms with Crippen molar-refractivity contribution in [3.63, 3.8) is 0 Å². The van der Waals surface area contributed by atoms with E-state index in [2.05, 4.69) is 5.32 Å². The molecule has 0 radical (unpaired) electrons. The molecule has 0 bridgehead atoms. The molecule has 6 rings (SSSR count). The van der Waals surface area contributed by atoms with Crippen molar-refractivity contribution in [2.24, 2.45) is 0 Å². The van der Waals surface area contributed by atoms with Gasteiger partial charge in [-0.1, -0.05) is 48.0 Å². The number of carbonyl (C=O) groups is 1. The van der Waals surface area contributed by atoms with E-state index in [0.717, 1.165) is 22.6 Å². The Morgan fingerprint density at radius 3 is 2.24 bits per heavy atom. The summed E-state index contributed by atoms with van der Waals surface area (Å²) in [4.78, 5) is 15.7. The molecule has 6 nitrogen and oxygen atoms in total. The van der Waals surface area contributed by atoms with E-state index in [1.54, 1.807) is 21.7 Å². The second kappa shape index (κ2) is 9.52. The van der Waals surface area contributed by atoms with Crippen LogP contribution in [0, 0.1) is 19.7 Å². The molecule has 188 valence electrons. The Balaban J connectivity index is 1.56. The topological polar surface area (TPSA) is 59.4 Å². The van der Waals surface area contributed by atoms with Gasteiger partial charge >= 0.3 is 0 Å². The van der Waals surface area contributed by atoms with Crippen LogP contribution in [0.3, 0.4) is 0 Å². The SMILES string of the molecule is Cc1ccc(N2C(=O)c3ccccc3N[C@H]2c2c(C)nn(-c3ccccc3)c2Oc2ccc(F)cc2)cc1.